The number of nitrogens with zero attached hydrogens (tertiary/aromatic N) is 4. The number of fused-ring (bicyclic) bond motifs is 1. The third-order valence-corrected chi connectivity index (χ3v) is 7.12. The minimum absolute atomic E-state index is 0.0114. The molecular formula is C29H31N5O5. The van der Waals surface area contributed by atoms with Gasteiger partial charge in [0.1, 0.15) is 6.33 Å². The molecule has 2 heterocycles. The number of hydrogen-bond acceptors (Lipinski definition) is 7. The van der Waals surface area contributed by atoms with Gasteiger partial charge in [0.2, 0.25) is 23.5 Å². The van der Waals surface area contributed by atoms with Crippen molar-refractivity contribution in [3.8, 4) is 28.4 Å². The van der Waals surface area contributed by atoms with Gasteiger partial charge in [-0.05, 0) is 52.1 Å². The Balaban J connectivity index is 1.27. The van der Waals surface area contributed by atoms with Gasteiger partial charge in [0.05, 0.1) is 33.7 Å². The molecule has 202 valence electrons. The summed E-state index contributed by atoms with van der Waals surface area (Å²) < 4.78 is 18.1. The molecule has 4 aromatic rings. The van der Waals surface area contributed by atoms with Gasteiger partial charge in [-0.1, -0.05) is 30.3 Å². The van der Waals surface area contributed by atoms with Gasteiger partial charge in [0.25, 0.3) is 0 Å². The summed E-state index contributed by atoms with van der Waals surface area (Å²) in [6, 6.07) is 16.1. The number of anilines is 1. The van der Waals surface area contributed by atoms with Crippen molar-refractivity contribution in [3.63, 3.8) is 0 Å². The van der Waals surface area contributed by atoms with Crippen molar-refractivity contribution < 1.29 is 23.8 Å². The summed E-state index contributed by atoms with van der Waals surface area (Å²) >= 11 is 0. The van der Waals surface area contributed by atoms with Gasteiger partial charge in [0, 0.05) is 20.1 Å². The minimum Gasteiger partial charge on any atom is -0.493 e. The van der Waals surface area contributed by atoms with E-state index in [-0.39, 0.29) is 24.2 Å². The highest BCUT2D eigenvalue weighted by Gasteiger charge is 2.31. The number of methoxy groups -OCH3 is 3. The molecule has 0 radical (unpaired) electrons. The Morgan fingerprint density at radius 2 is 1.67 bits per heavy atom. The van der Waals surface area contributed by atoms with Crippen LogP contribution in [-0.4, -0.2) is 65.9 Å². The van der Waals surface area contributed by atoms with Crippen LogP contribution in [0.1, 0.15) is 12.0 Å². The Kier molecular flexibility index (Phi) is 7.36. The van der Waals surface area contributed by atoms with Gasteiger partial charge < -0.3 is 23.7 Å². The second-order valence-electron chi connectivity index (χ2n) is 9.57. The smallest absolute Gasteiger partial charge is 0.231 e. The van der Waals surface area contributed by atoms with E-state index in [0.717, 1.165) is 27.5 Å². The van der Waals surface area contributed by atoms with Crippen LogP contribution in [0.15, 0.2) is 54.9 Å². The predicted molar refractivity (Wildman–Crippen MR) is 147 cm³/mol. The first-order valence-electron chi connectivity index (χ1n) is 12.7. The SMILES string of the molecule is COc1cc(-c2ccc3cc(CC(=O)N4CCC(C(=O)Nc5nncn5C)C4)ccc3c2)cc(OC)c1OC. The number of carbonyl (C=O) groups is 2. The lowest BCUT2D eigenvalue weighted by molar-refractivity contribution is -0.129. The van der Waals surface area contributed by atoms with E-state index in [1.165, 1.54) is 6.33 Å². The number of carbonyl (C=O) groups excluding carboxylic acids is 2. The first kappa shape index (κ1) is 26.0. The monoisotopic (exact) mass is 529 g/mol. The summed E-state index contributed by atoms with van der Waals surface area (Å²) in [5, 5.41) is 12.5. The molecule has 0 aliphatic carbocycles. The van der Waals surface area contributed by atoms with Gasteiger partial charge in [-0.15, -0.1) is 10.2 Å². The second kappa shape index (κ2) is 11.0. The second-order valence-corrected chi connectivity index (χ2v) is 9.57. The molecule has 1 aromatic heterocycles. The van der Waals surface area contributed by atoms with Crippen LogP contribution in [0.3, 0.4) is 0 Å². The van der Waals surface area contributed by atoms with Crippen molar-refractivity contribution in [2.24, 2.45) is 13.0 Å². The number of nitrogens with one attached hydrogen (secondary N) is 1. The maximum absolute atomic E-state index is 13.0. The van der Waals surface area contributed by atoms with E-state index in [1.807, 2.05) is 42.5 Å². The van der Waals surface area contributed by atoms with E-state index in [0.29, 0.717) is 42.7 Å². The summed E-state index contributed by atoms with van der Waals surface area (Å²) in [6.45, 7) is 0.954. The van der Waals surface area contributed by atoms with Gasteiger partial charge in [-0.25, -0.2) is 0 Å². The Labute approximate surface area is 226 Å². The first-order chi connectivity index (χ1) is 18.9. The summed E-state index contributed by atoms with van der Waals surface area (Å²) in [6.07, 6.45) is 2.43. The van der Waals surface area contributed by atoms with Crippen molar-refractivity contribution in [1.29, 1.82) is 0 Å². The molecule has 1 aliphatic heterocycles. The maximum atomic E-state index is 13.0. The molecule has 1 aliphatic rings. The Morgan fingerprint density at radius 1 is 0.949 bits per heavy atom. The molecule has 10 nitrogen and oxygen atoms in total. The molecule has 1 N–H and O–H groups in total. The topological polar surface area (TPSA) is 108 Å². The minimum atomic E-state index is -0.268. The lowest BCUT2D eigenvalue weighted by Gasteiger charge is -2.17. The maximum Gasteiger partial charge on any atom is 0.231 e. The van der Waals surface area contributed by atoms with Crippen LogP contribution in [0.2, 0.25) is 0 Å². The zero-order valence-corrected chi connectivity index (χ0v) is 22.4. The van der Waals surface area contributed by atoms with Crippen LogP contribution in [-0.2, 0) is 23.1 Å². The zero-order valence-electron chi connectivity index (χ0n) is 22.4. The lowest BCUT2D eigenvalue weighted by Crippen LogP contribution is -2.32. The molecular weight excluding hydrogens is 498 g/mol. The van der Waals surface area contributed by atoms with Gasteiger partial charge in [-0.2, -0.15) is 0 Å². The van der Waals surface area contributed by atoms with E-state index >= 15 is 0 Å². The summed E-state index contributed by atoms with van der Waals surface area (Å²) in [4.78, 5) is 27.4. The third kappa shape index (κ3) is 5.36. The number of ether oxygens (including phenoxy) is 3. The normalized spacial score (nSPS) is 14.9. The van der Waals surface area contributed by atoms with Gasteiger partial charge in [-0.3, -0.25) is 14.9 Å². The number of rotatable bonds is 8. The fourth-order valence-electron chi connectivity index (χ4n) is 4.93. The average molecular weight is 530 g/mol. The van der Waals surface area contributed by atoms with E-state index in [1.54, 1.807) is 37.8 Å². The highest BCUT2D eigenvalue weighted by molar-refractivity contribution is 5.92. The predicted octanol–water partition coefficient (Wildman–Crippen LogP) is 3.69. The Morgan fingerprint density at radius 3 is 2.33 bits per heavy atom. The van der Waals surface area contributed by atoms with Crippen LogP contribution in [0, 0.1) is 5.92 Å². The summed E-state index contributed by atoms with van der Waals surface area (Å²) in [5.74, 6) is 1.74. The third-order valence-electron chi connectivity index (χ3n) is 7.12. The van der Waals surface area contributed by atoms with Crippen LogP contribution >= 0.6 is 0 Å². The van der Waals surface area contributed by atoms with E-state index in [4.69, 9.17) is 14.2 Å². The summed E-state index contributed by atoms with van der Waals surface area (Å²) in [5.41, 5.74) is 2.88. The number of amides is 2. The first-order valence-corrected chi connectivity index (χ1v) is 12.7. The fraction of sp³-hybridized carbons (Fsp3) is 0.310. The van der Waals surface area contributed by atoms with Crippen LogP contribution < -0.4 is 19.5 Å². The summed E-state index contributed by atoms with van der Waals surface area (Å²) in [7, 11) is 6.54. The van der Waals surface area contributed by atoms with Crippen molar-refractivity contribution in [2.45, 2.75) is 12.8 Å². The van der Waals surface area contributed by atoms with Crippen LogP contribution in [0.5, 0.6) is 17.2 Å². The average Bonchev–Trinajstić information content (AvgIpc) is 3.61. The lowest BCUT2D eigenvalue weighted by atomic mass is 9.98. The molecule has 1 atom stereocenters. The van der Waals surface area contributed by atoms with Gasteiger partial charge >= 0.3 is 0 Å². The quantitative estimate of drug-likeness (QED) is 0.371. The number of aryl methyl sites for hydroxylation is 1. The molecule has 10 heteroatoms. The molecule has 1 saturated heterocycles. The van der Waals surface area contributed by atoms with E-state index < -0.39 is 0 Å². The van der Waals surface area contributed by atoms with E-state index in [9.17, 15) is 9.59 Å². The molecule has 5 rings (SSSR count). The van der Waals surface area contributed by atoms with E-state index in [2.05, 4.69) is 21.6 Å². The molecule has 1 unspecified atom stereocenters. The molecule has 39 heavy (non-hydrogen) atoms. The van der Waals surface area contributed by atoms with Crippen molar-refractivity contribution in [1.82, 2.24) is 19.7 Å². The number of benzene rings is 3. The van der Waals surface area contributed by atoms with Crippen LogP contribution in [0.4, 0.5) is 5.95 Å². The standard InChI is InChI=1S/C29H31N5O5/c1-33-17-30-32-29(33)31-28(36)22-9-10-34(16-22)26(35)12-18-5-6-20-13-21(8-7-19(20)11-18)23-14-24(37-2)27(39-4)25(15-23)38-3/h5-8,11,13-15,17,22H,9-10,12,16H2,1-4H3,(H,31,32,36). The zero-order chi connectivity index (χ0) is 27.5. The highest BCUT2D eigenvalue weighted by Crippen LogP contribution is 2.41. The fourth-order valence-corrected chi connectivity index (χ4v) is 4.93. The molecule has 0 spiro atoms. The van der Waals surface area contributed by atoms with Gasteiger partial charge in [0.15, 0.2) is 11.5 Å². The van der Waals surface area contributed by atoms with Crippen LogP contribution in [0.25, 0.3) is 21.9 Å². The molecule has 0 bridgehead atoms. The molecule has 2 amide bonds. The Bertz CT molecular complexity index is 1510. The number of aromatic nitrogens is 3. The Hall–Kier alpha value is -4.60. The number of likely N-dealkylation sites (tertiary alicyclic amines) is 1. The molecule has 0 saturated carbocycles. The largest absolute Gasteiger partial charge is 0.493 e. The molecule has 3 aromatic carbocycles. The van der Waals surface area contributed by atoms with Crippen molar-refractivity contribution in [3.05, 3.63) is 60.4 Å². The van der Waals surface area contributed by atoms with Crippen molar-refractivity contribution >= 4 is 28.5 Å². The molecule has 1 fully saturated rings. The van der Waals surface area contributed by atoms with Crippen molar-refractivity contribution in [2.75, 3.05) is 39.7 Å². The highest BCUT2D eigenvalue weighted by atomic mass is 16.5. The number of hydrogen-bond donors (Lipinski definition) is 1.